The molecule has 0 bridgehead atoms. The summed E-state index contributed by atoms with van der Waals surface area (Å²) in [6.07, 6.45) is 12.4. The molecule has 0 spiro atoms. The summed E-state index contributed by atoms with van der Waals surface area (Å²) in [5.74, 6) is -3.81. The van der Waals surface area contributed by atoms with Crippen molar-refractivity contribution in [3.63, 3.8) is 0 Å². The fraction of sp³-hybridized carbons (Fsp3) is 0.440. The Kier molecular flexibility index (Phi) is 8.15. The van der Waals surface area contributed by atoms with E-state index in [0.717, 1.165) is 30.5 Å². The first kappa shape index (κ1) is 24.1. The van der Waals surface area contributed by atoms with Crippen LogP contribution >= 0.6 is 11.9 Å². The van der Waals surface area contributed by atoms with Gasteiger partial charge in [-0.05, 0) is 42.7 Å². The van der Waals surface area contributed by atoms with Crippen LogP contribution in [-0.4, -0.2) is 20.4 Å². The summed E-state index contributed by atoms with van der Waals surface area (Å²) < 4.78 is 10.7. The van der Waals surface area contributed by atoms with Gasteiger partial charge in [0.15, 0.2) is 17.2 Å². The van der Waals surface area contributed by atoms with Crippen LogP contribution in [0.3, 0.4) is 0 Å². The van der Waals surface area contributed by atoms with Crippen molar-refractivity contribution in [2.24, 2.45) is 0 Å². The van der Waals surface area contributed by atoms with Crippen molar-refractivity contribution >= 4 is 17.9 Å². The molecular weight excluding hydrogens is 432 g/mol. The van der Waals surface area contributed by atoms with Crippen LogP contribution in [0.25, 0.3) is 6.08 Å². The van der Waals surface area contributed by atoms with Crippen molar-refractivity contribution < 1.29 is 29.5 Å². The summed E-state index contributed by atoms with van der Waals surface area (Å²) in [6, 6.07) is 7.90. The number of phenolic OH excluding ortho intramolecular Hbond substituents is 3. The lowest BCUT2D eigenvalue weighted by atomic mass is 9.96. The Morgan fingerprint density at radius 1 is 0.906 bits per heavy atom. The Morgan fingerprint density at radius 2 is 1.53 bits per heavy atom. The summed E-state index contributed by atoms with van der Waals surface area (Å²) in [5, 5.41) is 40.5. The minimum Gasteiger partial charge on any atom is -0.504 e. The minimum atomic E-state index is -2.19. The standard InChI is InChI=1S/C25H31ClO6/c1-2-3-4-5-6-7-8-9-10-17-11-12-18-14-23(32-26)25(30,31-22(18)13-17)19-15-20(27)24(29)21(28)16-19/h11-16,27-30H,2-10H2,1H3. The maximum Gasteiger partial charge on any atom is 0.296 e. The van der Waals surface area contributed by atoms with Gasteiger partial charge in [-0.1, -0.05) is 64.0 Å². The second-order valence-corrected chi connectivity index (χ2v) is 8.45. The topological polar surface area (TPSA) is 99.4 Å². The molecular formula is C25H31ClO6. The molecule has 0 fully saturated rings. The number of ether oxygens (including phenoxy) is 1. The summed E-state index contributed by atoms with van der Waals surface area (Å²) in [4.78, 5) is 0. The molecule has 1 unspecified atom stereocenters. The van der Waals surface area contributed by atoms with Crippen molar-refractivity contribution in [2.45, 2.75) is 70.5 Å². The second kappa shape index (κ2) is 10.8. The maximum absolute atomic E-state index is 11.2. The fourth-order valence-corrected chi connectivity index (χ4v) is 4.08. The molecule has 0 radical (unpaired) electrons. The quantitative estimate of drug-likeness (QED) is 0.233. The number of unbranched alkanes of at least 4 members (excludes halogenated alkanes) is 7. The highest BCUT2D eigenvalue weighted by Gasteiger charge is 2.43. The molecule has 1 aliphatic rings. The number of benzene rings is 2. The first-order valence-corrected chi connectivity index (χ1v) is 11.5. The van der Waals surface area contributed by atoms with Crippen LogP contribution in [0.2, 0.25) is 0 Å². The normalized spacial score (nSPS) is 17.4. The van der Waals surface area contributed by atoms with E-state index in [2.05, 4.69) is 6.92 Å². The third kappa shape index (κ3) is 5.43. The number of aryl methyl sites for hydroxylation is 1. The molecule has 3 rings (SSSR count). The first-order chi connectivity index (χ1) is 15.4. The van der Waals surface area contributed by atoms with E-state index in [1.807, 2.05) is 18.2 Å². The van der Waals surface area contributed by atoms with Crippen LogP contribution in [0.1, 0.15) is 75.0 Å². The molecule has 0 saturated carbocycles. The Balaban J connectivity index is 1.70. The molecule has 1 aliphatic heterocycles. The molecule has 32 heavy (non-hydrogen) atoms. The molecule has 0 saturated heterocycles. The van der Waals surface area contributed by atoms with Gasteiger partial charge in [0.1, 0.15) is 17.6 Å². The molecule has 1 heterocycles. The predicted molar refractivity (Wildman–Crippen MR) is 124 cm³/mol. The molecule has 174 valence electrons. The van der Waals surface area contributed by atoms with E-state index in [1.165, 1.54) is 51.0 Å². The van der Waals surface area contributed by atoms with Gasteiger partial charge >= 0.3 is 0 Å². The molecule has 4 N–H and O–H groups in total. The second-order valence-electron chi connectivity index (χ2n) is 8.29. The molecule has 6 nitrogen and oxygen atoms in total. The lowest BCUT2D eigenvalue weighted by molar-refractivity contribution is -0.134. The van der Waals surface area contributed by atoms with Gasteiger partial charge in [-0.3, -0.25) is 0 Å². The lowest BCUT2D eigenvalue weighted by Gasteiger charge is -2.33. The van der Waals surface area contributed by atoms with E-state index < -0.39 is 23.0 Å². The lowest BCUT2D eigenvalue weighted by Crippen LogP contribution is -2.37. The molecule has 0 amide bonds. The van der Waals surface area contributed by atoms with Gasteiger partial charge in [-0.25, -0.2) is 0 Å². The van der Waals surface area contributed by atoms with Crippen LogP contribution in [0.5, 0.6) is 23.0 Å². The molecule has 2 aromatic carbocycles. The predicted octanol–water partition coefficient (Wildman–Crippen LogP) is 6.24. The Morgan fingerprint density at radius 3 is 2.16 bits per heavy atom. The van der Waals surface area contributed by atoms with Crippen LogP contribution in [-0.2, 0) is 16.5 Å². The van der Waals surface area contributed by atoms with Gasteiger partial charge in [0.05, 0.1) is 0 Å². The third-order valence-corrected chi connectivity index (χ3v) is 5.99. The minimum absolute atomic E-state index is 0.0451. The molecule has 0 aromatic heterocycles. The fourth-order valence-electron chi connectivity index (χ4n) is 3.93. The number of rotatable bonds is 11. The van der Waals surface area contributed by atoms with Gasteiger partial charge in [-0.2, -0.15) is 0 Å². The molecule has 0 aliphatic carbocycles. The molecule has 7 heteroatoms. The van der Waals surface area contributed by atoms with Crippen molar-refractivity contribution in [3.05, 3.63) is 52.8 Å². The number of aliphatic hydroxyl groups is 1. The SMILES string of the molecule is CCCCCCCCCCc1ccc2c(c1)OC(O)(c1cc(O)c(O)c(O)c1)C(OCl)=C2. The van der Waals surface area contributed by atoms with Crippen molar-refractivity contribution in [1.82, 2.24) is 0 Å². The number of aromatic hydroxyl groups is 3. The van der Waals surface area contributed by atoms with Gasteiger partial charge in [-0.15, -0.1) is 0 Å². The third-order valence-electron chi connectivity index (χ3n) is 5.82. The number of hydrogen-bond acceptors (Lipinski definition) is 6. The summed E-state index contributed by atoms with van der Waals surface area (Å²) in [6.45, 7) is 2.22. The van der Waals surface area contributed by atoms with Gasteiger partial charge < -0.3 is 29.5 Å². The summed E-state index contributed by atoms with van der Waals surface area (Å²) in [5.41, 5.74) is 1.71. The number of hydrogen-bond donors (Lipinski definition) is 4. The van der Waals surface area contributed by atoms with Crippen molar-refractivity contribution in [3.8, 4) is 23.0 Å². The molecule has 1 atom stereocenters. The van der Waals surface area contributed by atoms with Crippen LogP contribution in [0.15, 0.2) is 36.1 Å². The van der Waals surface area contributed by atoms with E-state index >= 15 is 0 Å². The highest BCUT2D eigenvalue weighted by Crippen LogP contribution is 2.45. The van der Waals surface area contributed by atoms with Crippen LogP contribution in [0, 0.1) is 0 Å². The zero-order valence-electron chi connectivity index (χ0n) is 18.3. The average molecular weight is 463 g/mol. The zero-order valence-corrected chi connectivity index (χ0v) is 19.1. The van der Waals surface area contributed by atoms with Gasteiger partial charge in [0.25, 0.3) is 5.79 Å². The Hall–Kier alpha value is -2.57. The summed E-state index contributed by atoms with van der Waals surface area (Å²) >= 11 is 5.58. The van der Waals surface area contributed by atoms with Crippen molar-refractivity contribution in [1.29, 1.82) is 0 Å². The van der Waals surface area contributed by atoms with Crippen molar-refractivity contribution in [2.75, 3.05) is 0 Å². The molecule has 2 aromatic rings. The average Bonchev–Trinajstić information content (AvgIpc) is 2.78. The highest BCUT2D eigenvalue weighted by molar-refractivity contribution is 6.08. The number of phenols is 3. The smallest absolute Gasteiger partial charge is 0.296 e. The van der Waals surface area contributed by atoms with E-state index in [9.17, 15) is 20.4 Å². The first-order valence-electron chi connectivity index (χ1n) is 11.2. The zero-order chi connectivity index (χ0) is 23.1. The Bertz CT molecular complexity index is 934. The Labute approximate surface area is 193 Å². The largest absolute Gasteiger partial charge is 0.504 e. The maximum atomic E-state index is 11.2. The number of fused-ring (bicyclic) bond motifs is 1. The van der Waals surface area contributed by atoms with E-state index in [0.29, 0.717) is 11.3 Å². The van der Waals surface area contributed by atoms with Gasteiger partial charge in [0, 0.05) is 11.1 Å². The number of halogens is 1. The monoisotopic (exact) mass is 462 g/mol. The summed E-state index contributed by atoms with van der Waals surface area (Å²) in [7, 11) is 0. The highest BCUT2D eigenvalue weighted by atomic mass is 35.5. The van der Waals surface area contributed by atoms with E-state index in [-0.39, 0.29) is 11.3 Å². The van der Waals surface area contributed by atoms with Crippen LogP contribution < -0.4 is 4.74 Å². The van der Waals surface area contributed by atoms with E-state index in [4.69, 9.17) is 20.9 Å². The van der Waals surface area contributed by atoms with Gasteiger partial charge in [0.2, 0.25) is 5.76 Å². The van der Waals surface area contributed by atoms with E-state index in [1.54, 1.807) is 0 Å². The van der Waals surface area contributed by atoms with Crippen LogP contribution in [0.4, 0.5) is 0 Å².